The van der Waals surface area contributed by atoms with Gasteiger partial charge in [0.25, 0.3) is 11.8 Å². The summed E-state index contributed by atoms with van der Waals surface area (Å²) in [4.78, 5) is 41.8. The van der Waals surface area contributed by atoms with Gasteiger partial charge in [-0.05, 0) is 56.0 Å². The first-order valence-corrected chi connectivity index (χ1v) is 12.4. The normalized spacial score (nSPS) is 19.6. The van der Waals surface area contributed by atoms with Crippen LogP contribution in [0, 0.1) is 0 Å². The lowest BCUT2D eigenvalue weighted by molar-refractivity contribution is -0.999. The molecule has 9 heteroatoms. The molecule has 0 saturated carbocycles. The summed E-state index contributed by atoms with van der Waals surface area (Å²) in [5.41, 5.74) is 2.65. The molecule has 1 aromatic heterocycles. The van der Waals surface area contributed by atoms with Gasteiger partial charge in [-0.15, -0.1) is 11.3 Å². The van der Waals surface area contributed by atoms with Gasteiger partial charge in [-0.2, -0.15) is 0 Å². The van der Waals surface area contributed by atoms with Gasteiger partial charge >= 0.3 is 5.97 Å². The minimum atomic E-state index is -0.389. The van der Waals surface area contributed by atoms with Crippen LogP contribution in [0.3, 0.4) is 0 Å². The monoisotopic (exact) mass is 472 g/mol. The number of esters is 1. The third-order valence-electron chi connectivity index (χ3n) is 6.28. The van der Waals surface area contributed by atoms with E-state index >= 15 is 0 Å². The second kappa shape index (κ2) is 10.5. The number of piperazine rings is 1. The van der Waals surface area contributed by atoms with Crippen LogP contribution in [0.2, 0.25) is 0 Å². The van der Waals surface area contributed by atoms with E-state index in [-0.39, 0.29) is 17.8 Å². The highest BCUT2D eigenvalue weighted by atomic mass is 32.1. The van der Waals surface area contributed by atoms with Gasteiger partial charge in [0, 0.05) is 10.6 Å². The van der Waals surface area contributed by atoms with Crippen LogP contribution in [0.25, 0.3) is 0 Å². The van der Waals surface area contributed by atoms with Crippen molar-refractivity contribution in [1.82, 2.24) is 0 Å². The molecule has 1 aliphatic heterocycles. The Kier molecular flexibility index (Phi) is 7.42. The molecule has 2 heterocycles. The molecule has 0 spiro atoms. The summed E-state index contributed by atoms with van der Waals surface area (Å²) in [6.07, 6.45) is 2.81. The molecule has 0 unspecified atom stereocenters. The number of amides is 2. The molecule has 0 atom stereocenters. The second-order valence-corrected chi connectivity index (χ2v) is 9.85. The zero-order valence-corrected chi connectivity index (χ0v) is 20.0. The zero-order valence-electron chi connectivity index (χ0n) is 19.2. The average molecular weight is 473 g/mol. The van der Waals surface area contributed by atoms with E-state index in [0.29, 0.717) is 35.0 Å². The fraction of sp³-hybridized carbons (Fsp3) is 0.458. The minimum Gasteiger partial charge on any atom is -0.462 e. The number of carbonyl (C=O) groups excluding carboxylic acids is 3. The van der Waals surface area contributed by atoms with Crippen molar-refractivity contribution in [2.75, 3.05) is 57.0 Å². The SMILES string of the molecule is CCOC(=O)c1ccc(NC(=O)c2c(NC(=O)C[NH+]3CC[NH+](C)CC3)sc3c2CCC3)cc1. The van der Waals surface area contributed by atoms with Gasteiger partial charge in [0.1, 0.15) is 31.2 Å². The summed E-state index contributed by atoms with van der Waals surface area (Å²) in [5.74, 6) is -0.665. The number of hydrogen-bond donors (Lipinski definition) is 4. The lowest BCUT2D eigenvalue weighted by atomic mass is 10.1. The molecule has 2 aromatic rings. The highest BCUT2D eigenvalue weighted by Gasteiger charge is 2.29. The van der Waals surface area contributed by atoms with Crippen LogP contribution in [-0.2, 0) is 22.4 Å². The zero-order chi connectivity index (χ0) is 23.4. The molecule has 2 amide bonds. The van der Waals surface area contributed by atoms with Crippen LogP contribution < -0.4 is 20.4 Å². The molecule has 176 valence electrons. The van der Waals surface area contributed by atoms with Crippen molar-refractivity contribution in [3.63, 3.8) is 0 Å². The first kappa shape index (κ1) is 23.4. The maximum absolute atomic E-state index is 13.2. The van der Waals surface area contributed by atoms with Crippen LogP contribution in [0.1, 0.15) is 44.5 Å². The molecule has 4 rings (SSSR count). The minimum absolute atomic E-state index is 0.0442. The number of likely N-dealkylation sites (N-methyl/N-ethyl adjacent to an activating group) is 1. The average Bonchev–Trinajstić information content (AvgIpc) is 3.36. The molecular weight excluding hydrogens is 440 g/mol. The highest BCUT2D eigenvalue weighted by molar-refractivity contribution is 7.17. The van der Waals surface area contributed by atoms with Crippen molar-refractivity contribution in [3.05, 3.63) is 45.8 Å². The third-order valence-corrected chi connectivity index (χ3v) is 7.48. The Balaban J connectivity index is 1.45. The van der Waals surface area contributed by atoms with Gasteiger partial charge in [0.15, 0.2) is 6.54 Å². The van der Waals surface area contributed by atoms with Crippen LogP contribution in [0.5, 0.6) is 0 Å². The van der Waals surface area contributed by atoms with Crippen molar-refractivity contribution < 1.29 is 28.9 Å². The van der Waals surface area contributed by atoms with Gasteiger partial charge in [0.05, 0.1) is 24.8 Å². The van der Waals surface area contributed by atoms with Gasteiger partial charge in [-0.1, -0.05) is 0 Å². The van der Waals surface area contributed by atoms with Gasteiger partial charge in [-0.25, -0.2) is 4.79 Å². The predicted octanol–water partition coefficient (Wildman–Crippen LogP) is 0.0175. The molecule has 4 N–H and O–H groups in total. The van der Waals surface area contributed by atoms with Gasteiger partial charge < -0.3 is 25.2 Å². The van der Waals surface area contributed by atoms with Crippen molar-refractivity contribution in [2.24, 2.45) is 0 Å². The van der Waals surface area contributed by atoms with E-state index in [1.165, 1.54) is 26.0 Å². The van der Waals surface area contributed by atoms with Crippen molar-refractivity contribution >= 4 is 39.8 Å². The molecule has 8 nitrogen and oxygen atoms in total. The molecule has 0 radical (unpaired) electrons. The van der Waals surface area contributed by atoms with Gasteiger partial charge in [0.2, 0.25) is 0 Å². The largest absolute Gasteiger partial charge is 0.462 e. The highest BCUT2D eigenvalue weighted by Crippen LogP contribution is 2.39. The number of nitrogens with one attached hydrogen (secondary N) is 4. The molecule has 1 aliphatic carbocycles. The van der Waals surface area contributed by atoms with Gasteiger partial charge in [-0.3, -0.25) is 9.59 Å². The number of benzene rings is 1. The number of ether oxygens (including phenoxy) is 1. The maximum Gasteiger partial charge on any atom is 0.338 e. The number of fused-ring (bicyclic) bond motifs is 1. The number of quaternary nitrogens is 2. The van der Waals surface area contributed by atoms with Crippen molar-refractivity contribution in [1.29, 1.82) is 0 Å². The first-order chi connectivity index (χ1) is 15.9. The Hall–Kier alpha value is -2.75. The van der Waals surface area contributed by atoms with Crippen LogP contribution >= 0.6 is 11.3 Å². The molecule has 33 heavy (non-hydrogen) atoms. The molecule has 1 saturated heterocycles. The maximum atomic E-state index is 13.2. The van der Waals surface area contributed by atoms with E-state index in [4.69, 9.17) is 4.74 Å². The van der Waals surface area contributed by atoms with E-state index in [1.807, 2.05) is 0 Å². The molecule has 1 fully saturated rings. The van der Waals surface area contributed by atoms with Crippen molar-refractivity contribution in [2.45, 2.75) is 26.2 Å². The number of thiophene rings is 1. The third kappa shape index (κ3) is 5.61. The lowest BCUT2D eigenvalue weighted by Crippen LogP contribution is -3.27. The predicted molar refractivity (Wildman–Crippen MR) is 128 cm³/mol. The van der Waals surface area contributed by atoms with Crippen LogP contribution in [0.15, 0.2) is 24.3 Å². The topological polar surface area (TPSA) is 93.4 Å². The van der Waals surface area contributed by atoms with Crippen LogP contribution in [0.4, 0.5) is 10.7 Å². The molecule has 2 aliphatic rings. The summed E-state index contributed by atoms with van der Waals surface area (Å²) in [7, 11) is 2.18. The number of carbonyl (C=O) groups is 3. The summed E-state index contributed by atoms with van der Waals surface area (Å²) >= 11 is 1.52. The summed E-state index contributed by atoms with van der Waals surface area (Å²) < 4.78 is 5.00. The van der Waals surface area contributed by atoms with E-state index in [1.54, 1.807) is 31.2 Å². The smallest absolute Gasteiger partial charge is 0.338 e. The second-order valence-electron chi connectivity index (χ2n) is 8.75. The standard InChI is InChI=1S/C24H30N4O4S/c1-3-32-24(31)16-7-9-17(10-8-16)25-22(30)21-18-5-4-6-19(18)33-23(21)26-20(29)15-28-13-11-27(2)12-14-28/h7-10H,3-6,11-15H2,1-2H3,(H,25,30)(H,26,29)/p+2. The fourth-order valence-corrected chi connectivity index (χ4v) is 5.74. The fourth-order valence-electron chi connectivity index (χ4n) is 4.44. The van der Waals surface area contributed by atoms with E-state index in [9.17, 15) is 14.4 Å². The summed E-state index contributed by atoms with van der Waals surface area (Å²) in [5, 5.41) is 6.60. The Morgan fingerprint density at radius 1 is 1.03 bits per heavy atom. The Morgan fingerprint density at radius 2 is 1.76 bits per heavy atom. The van der Waals surface area contributed by atoms with E-state index in [2.05, 4.69) is 17.7 Å². The van der Waals surface area contributed by atoms with E-state index in [0.717, 1.165) is 51.0 Å². The molecular formula is C24H32N4O4S+2. The first-order valence-electron chi connectivity index (χ1n) is 11.6. The summed E-state index contributed by atoms with van der Waals surface area (Å²) in [6, 6.07) is 6.64. The van der Waals surface area contributed by atoms with Crippen LogP contribution in [-0.4, -0.2) is 64.2 Å². The molecule has 1 aromatic carbocycles. The number of rotatable bonds is 7. The quantitative estimate of drug-likeness (QED) is 0.428. The molecule has 0 bridgehead atoms. The lowest BCUT2D eigenvalue weighted by Gasteiger charge is -2.26. The number of aryl methyl sites for hydroxylation is 1. The Labute approximate surface area is 197 Å². The van der Waals surface area contributed by atoms with Crippen molar-refractivity contribution in [3.8, 4) is 0 Å². The summed E-state index contributed by atoms with van der Waals surface area (Å²) in [6.45, 7) is 6.59. The Bertz CT molecular complexity index is 1030. The van der Waals surface area contributed by atoms with E-state index < -0.39 is 0 Å². The number of hydrogen-bond acceptors (Lipinski definition) is 5. The Morgan fingerprint density at radius 3 is 2.45 bits per heavy atom. The number of anilines is 2.